The average molecular weight is 298 g/mol. The third kappa shape index (κ3) is 3.79. The van der Waals surface area contributed by atoms with E-state index in [0.29, 0.717) is 17.9 Å². The minimum absolute atomic E-state index is 0.141. The molecule has 0 fully saturated rings. The van der Waals surface area contributed by atoms with Crippen molar-refractivity contribution in [3.8, 4) is 5.75 Å². The molecule has 2 aromatic rings. The molecule has 116 valence electrons. The van der Waals surface area contributed by atoms with Crippen molar-refractivity contribution >= 4 is 17.3 Å². The number of carbonyl (C=O) groups is 1. The number of rotatable bonds is 5. The highest BCUT2D eigenvalue weighted by atomic mass is 16.5. The minimum Gasteiger partial charge on any atom is -0.494 e. The molecule has 0 radical (unpaired) electrons. The van der Waals surface area contributed by atoms with E-state index in [2.05, 4.69) is 12.2 Å². The Morgan fingerprint density at radius 2 is 1.73 bits per heavy atom. The fourth-order valence-corrected chi connectivity index (χ4v) is 2.30. The van der Waals surface area contributed by atoms with Crippen molar-refractivity contribution in [2.24, 2.45) is 0 Å². The van der Waals surface area contributed by atoms with E-state index in [0.717, 1.165) is 29.0 Å². The van der Waals surface area contributed by atoms with E-state index in [1.165, 1.54) is 0 Å². The maximum atomic E-state index is 12.3. The Balaban J connectivity index is 2.12. The monoisotopic (exact) mass is 298 g/mol. The van der Waals surface area contributed by atoms with Crippen LogP contribution in [0.15, 0.2) is 36.4 Å². The van der Waals surface area contributed by atoms with Crippen LogP contribution in [0.5, 0.6) is 5.75 Å². The lowest BCUT2D eigenvalue weighted by Gasteiger charge is -2.13. The lowest BCUT2D eigenvalue weighted by atomic mass is 10.1. The molecule has 2 aromatic carbocycles. The number of hydrogen-bond acceptors (Lipinski definition) is 3. The molecule has 3 N–H and O–H groups in total. The molecule has 0 aromatic heterocycles. The van der Waals surface area contributed by atoms with Crippen LogP contribution in [0, 0.1) is 13.8 Å². The summed E-state index contributed by atoms with van der Waals surface area (Å²) in [6.07, 6.45) is 0.956. The average Bonchev–Trinajstić information content (AvgIpc) is 2.49. The van der Waals surface area contributed by atoms with Crippen molar-refractivity contribution < 1.29 is 9.53 Å². The van der Waals surface area contributed by atoms with E-state index in [9.17, 15) is 4.79 Å². The second-order valence-electron chi connectivity index (χ2n) is 5.36. The van der Waals surface area contributed by atoms with Gasteiger partial charge in [0.2, 0.25) is 0 Å². The van der Waals surface area contributed by atoms with Crippen LogP contribution in [-0.2, 0) is 0 Å². The van der Waals surface area contributed by atoms with E-state index in [4.69, 9.17) is 10.5 Å². The SMILES string of the molecule is CCCOc1ccc(C(=O)Nc2c(C)cc(N)cc2C)cc1. The second kappa shape index (κ2) is 6.98. The summed E-state index contributed by atoms with van der Waals surface area (Å²) in [6, 6.07) is 10.9. The molecule has 22 heavy (non-hydrogen) atoms. The van der Waals surface area contributed by atoms with Gasteiger partial charge in [-0.1, -0.05) is 6.92 Å². The summed E-state index contributed by atoms with van der Waals surface area (Å²) in [7, 11) is 0. The van der Waals surface area contributed by atoms with Gasteiger partial charge >= 0.3 is 0 Å². The quantitative estimate of drug-likeness (QED) is 0.822. The number of nitrogen functional groups attached to an aromatic ring is 1. The Morgan fingerprint density at radius 3 is 2.27 bits per heavy atom. The van der Waals surface area contributed by atoms with Gasteiger partial charge in [-0.15, -0.1) is 0 Å². The Kier molecular flexibility index (Phi) is 5.04. The molecular weight excluding hydrogens is 276 g/mol. The molecule has 0 aliphatic heterocycles. The Morgan fingerprint density at radius 1 is 1.14 bits per heavy atom. The second-order valence-corrected chi connectivity index (χ2v) is 5.36. The first kappa shape index (κ1) is 15.9. The van der Waals surface area contributed by atoms with E-state index < -0.39 is 0 Å². The lowest BCUT2D eigenvalue weighted by molar-refractivity contribution is 0.102. The minimum atomic E-state index is -0.141. The first-order valence-corrected chi connectivity index (χ1v) is 7.42. The fourth-order valence-electron chi connectivity index (χ4n) is 2.30. The maximum Gasteiger partial charge on any atom is 0.255 e. The molecule has 4 nitrogen and oxygen atoms in total. The van der Waals surface area contributed by atoms with Crippen LogP contribution < -0.4 is 15.8 Å². The van der Waals surface area contributed by atoms with E-state index >= 15 is 0 Å². The molecule has 0 spiro atoms. The van der Waals surface area contributed by atoms with E-state index in [-0.39, 0.29) is 5.91 Å². The Bertz CT molecular complexity index is 640. The highest BCUT2D eigenvalue weighted by Gasteiger charge is 2.10. The molecule has 0 aliphatic rings. The van der Waals surface area contributed by atoms with Gasteiger partial charge in [0.25, 0.3) is 5.91 Å². The number of nitrogens with two attached hydrogens (primary N) is 1. The number of carbonyl (C=O) groups excluding carboxylic acids is 1. The number of amides is 1. The van der Waals surface area contributed by atoms with Crippen molar-refractivity contribution in [2.45, 2.75) is 27.2 Å². The van der Waals surface area contributed by atoms with Gasteiger partial charge in [-0.3, -0.25) is 4.79 Å². The molecule has 0 heterocycles. The molecule has 0 unspecified atom stereocenters. The van der Waals surface area contributed by atoms with Crippen LogP contribution in [0.3, 0.4) is 0 Å². The fraction of sp³-hybridized carbons (Fsp3) is 0.278. The van der Waals surface area contributed by atoms with Crippen molar-refractivity contribution in [1.29, 1.82) is 0 Å². The zero-order chi connectivity index (χ0) is 16.1. The topological polar surface area (TPSA) is 64.3 Å². The van der Waals surface area contributed by atoms with Crippen LogP contribution in [-0.4, -0.2) is 12.5 Å². The summed E-state index contributed by atoms with van der Waals surface area (Å²) in [6.45, 7) is 6.59. The van der Waals surface area contributed by atoms with Crippen molar-refractivity contribution in [3.05, 3.63) is 53.1 Å². The summed E-state index contributed by atoms with van der Waals surface area (Å²) >= 11 is 0. The number of anilines is 2. The van der Waals surface area contributed by atoms with Crippen LogP contribution in [0.4, 0.5) is 11.4 Å². The van der Waals surface area contributed by atoms with E-state index in [1.54, 1.807) is 12.1 Å². The summed E-state index contributed by atoms with van der Waals surface area (Å²) in [5, 5.41) is 2.95. The highest BCUT2D eigenvalue weighted by Crippen LogP contribution is 2.24. The molecule has 0 atom stereocenters. The standard InChI is InChI=1S/C18H22N2O2/c1-4-9-22-16-7-5-14(6-8-16)18(21)20-17-12(2)10-15(19)11-13(17)3/h5-8,10-11H,4,9,19H2,1-3H3,(H,20,21). The number of nitrogens with one attached hydrogen (secondary N) is 1. The molecule has 4 heteroatoms. The van der Waals surface area contributed by atoms with Crippen LogP contribution in [0.25, 0.3) is 0 Å². The highest BCUT2D eigenvalue weighted by molar-refractivity contribution is 6.05. The molecule has 1 amide bonds. The van der Waals surface area contributed by atoms with Crippen LogP contribution >= 0.6 is 0 Å². The zero-order valence-electron chi connectivity index (χ0n) is 13.3. The van der Waals surface area contributed by atoms with Gasteiger partial charge in [0.05, 0.1) is 6.61 Å². The molecule has 0 saturated heterocycles. The van der Waals surface area contributed by atoms with Gasteiger partial charge in [0, 0.05) is 16.9 Å². The van der Waals surface area contributed by atoms with Crippen molar-refractivity contribution in [2.75, 3.05) is 17.7 Å². The first-order valence-electron chi connectivity index (χ1n) is 7.42. The van der Waals surface area contributed by atoms with Gasteiger partial charge in [-0.05, 0) is 67.8 Å². The molecule has 0 bridgehead atoms. The smallest absolute Gasteiger partial charge is 0.255 e. The molecular formula is C18H22N2O2. The third-order valence-electron chi connectivity index (χ3n) is 3.38. The number of aryl methyl sites for hydroxylation is 2. The largest absolute Gasteiger partial charge is 0.494 e. The Hall–Kier alpha value is -2.49. The number of hydrogen-bond donors (Lipinski definition) is 2. The normalized spacial score (nSPS) is 10.3. The zero-order valence-corrected chi connectivity index (χ0v) is 13.3. The Labute approximate surface area is 131 Å². The summed E-state index contributed by atoms with van der Waals surface area (Å²) < 4.78 is 5.51. The summed E-state index contributed by atoms with van der Waals surface area (Å²) in [5.41, 5.74) is 9.81. The van der Waals surface area contributed by atoms with Gasteiger partial charge in [0.15, 0.2) is 0 Å². The van der Waals surface area contributed by atoms with Crippen LogP contribution in [0.1, 0.15) is 34.8 Å². The van der Waals surface area contributed by atoms with Gasteiger partial charge in [-0.2, -0.15) is 0 Å². The predicted octanol–water partition coefficient (Wildman–Crippen LogP) is 3.93. The molecule has 0 aliphatic carbocycles. The third-order valence-corrected chi connectivity index (χ3v) is 3.38. The molecule has 2 rings (SSSR count). The first-order chi connectivity index (χ1) is 10.5. The number of benzene rings is 2. The van der Waals surface area contributed by atoms with Gasteiger partial charge < -0.3 is 15.8 Å². The summed E-state index contributed by atoms with van der Waals surface area (Å²) in [4.78, 5) is 12.3. The van der Waals surface area contributed by atoms with Gasteiger partial charge in [-0.25, -0.2) is 0 Å². The van der Waals surface area contributed by atoms with Crippen LogP contribution in [0.2, 0.25) is 0 Å². The van der Waals surface area contributed by atoms with Gasteiger partial charge in [0.1, 0.15) is 5.75 Å². The lowest BCUT2D eigenvalue weighted by Crippen LogP contribution is -2.14. The van der Waals surface area contributed by atoms with Crippen molar-refractivity contribution in [3.63, 3.8) is 0 Å². The summed E-state index contributed by atoms with van der Waals surface area (Å²) in [5.74, 6) is 0.635. The maximum absolute atomic E-state index is 12.3. The predicted molar refractivity (Wildman–Crippen MR) is 90.5 cm³/mol. The van der Waals surface area contributed by atoms with E-state index in [1.807, 2.05) is 38.1 Å². The number of ether oxygens (including phenoxy) is 1. The molecule has 0 saturated carbocycles. The van der Waals surface area contributed by atoms with Crippen molar-refractivity contribution in [1.82, 2.24) is 0 Å².